The lowest BCUT2D eigenvalue weighted by molar-refractivity contribution is -0.253. The van der Waals surface area contributed by atoms with Crippen LogP contribution in [0, 0.1) is 0 Å². The average Bonchev–Trinajstić information content (AvgIpc) is 2.55. The Morgan fingerprint density at radius 1 is 1.08 bits per heavy atom. The largest absolute Gasteiger partial charge is 0.461 e. The second-order valence-electron chi connectivity index (χ2n) is 5.99. The molecule has 148 valence electrons. The molecule has 0 unspecified atom stereocenters. The summed E-state index contributed by atoms with van der Waals surface area (Å²) in [6, 6.07) is 4.27. The third-order valence-corrected chi connectivity index (χ3v) is 4.04. The van der Waals surface area contributed by atoms with Gasteiger partial charge in [0.1, 0.15) is 5.75 Å². The predicted octanol–water partition coefficient (Wildman–Crippen LogP) is 4.21. The fourth-order valence-corrected chi connectivity index (χ4v) is 2.84. The van der Waals surface area contributed by atoms with Crippen LogP contribution in [0.4, 0.5) is 30.7 Å². The van der Waals surface area contributed by atoms with Gasteiger partial charge in [0.05, 0.1) is 0 Å². The van der Waals surface area contributed by atoms with Gasteiger partial charge in [-0.1, -0.05) is 12.1 Å². The molecule has 0 spiro atoms. The molecule has 0 bridgehead atoms. The number of piperazine rings is 1. The van der Waals surface area contributed by atoms with Crippen LogP contribution in [-0.4, -0.2) is 49.8 Å². The van der Waals surface area contributed by atoms with Crippen LogP contribution in [-0.2, 0) is 0 Å². The molecule has 1 N–H and O–H groups in total. The highest BCUT2D eigenvalue weighted by atomic mass is 19.4. The van der Waals surface area contributed by atoms with Crippen molar-refractivity contribution in [1.29, 1.82) is 0 Å². The molecule has 0 aliphatic carbocycles. The fourth-order valence-electron chi connectivity index (χ4n) is 2.84. The molecule has 3 nitrogen and oxygen atoms in total. The summed E-state index contributed by atoms with van der Waals surface area (Å²) in [5.74, 6) is -0.514. The van der Waals surface area contributed by atoms with Crippen LogP contribution in [0.15, 0.2) is 24.3 Å². The van der Waals surface area contributed by atoms with Crippen molar-refractivity contribution in [3.8, 4) is 5.75 Å². The Morgan fingerprint density at radius 2 is 1.73 bits per heavy atom. The van der Waals surface area contributed by atoms with Crippen molar-refractivity contribution in [3.05, 3.63) is 29.8 Å². The van der Waals surface area contributed by atoms with Crippen molar-refractivity contribution in [2.75, 3.05) is 26.2 Å². The molecule has 1 aliphatic rings. The number of halogens is 7. The van der Waals surface area contributed by atoms with Gasteiger partial charge in [-0.25, -0.2) is 0 Å². The van der Waals surface area contributed by atoms with E-state index in [4.69, 9.17) is 0 Å². The van der Waals surface area contributed by atoms with Gasteiger partial charge in [0.2, 0.25) is 0 Å². The fraction of sp³-hybridized carbons (Fsp3) is 0.625. The first-order chi connectivity index (χ1) is 12.1. The molecular formula is C16H19F7N2O. The van der Waals surface area contributed by atoms with Gasteiger partial charge in [0.15, 0.2) is 0 Å². The number of hydrogen-bond donors (Lipinski definition) is 1. The second-order valence-corrected chi connectivity index (χ2v) is 5.99. The van der Waals surface area contributed by atoms with Crippen molar-refractivity contribution in [2.45, 2.75) is 37.6 Å². The van der Waals surface area contributed by atoms with Gasteiger partial charge in [-0.2, -0.15) is 30.7 Å². The maximum Gasteiger partial charge on any atom is 0.461 e. The van der Waals surface area contributed by atoms with Crippen LogP contribution in [0.3, 0.4) is 0 Å². The van der Waals surface area contributed by atoms with Crippen LogP contribution in [0.5, 0.6) is 5.75 Å². The van der Waals surface area contributed by atoms with Crippen LogP contribution in [0.2, 0.25) is 0 Å². The van der Waals surface area contributed by atoms with Crippen LogP contribution in [0.1, 0.15) is 24.4 Å². The lowest BCUT2D eigenvalue weighted by Crippen LogP contribution is -2.45. The maximum absolute atomic E-state index is 13.1. The molecule has 1 saturated heterocycles. The standard InChI is InChI=1S/C16H19F7N2O/c17-14(18)16(22,23)26-12-3-1-2-11(10-12)13(4-5-15(19,20)21)25-8-6-24-7-9-25/h1-3,10,13-14,24H,4-9H2/t13-/m0/s1. The number of hydrogen-bond acceptors (Lipinski definition) is 3. The Morgan fingerprint density at radius 3 is 2.31 bits per heavy atom. The first-order valence-corrected chi connectivity index (χ1v) is 8.05. The van der Waals surface area contributed by atoms with Crippen molar-refractivity contribution in [1.82, 2.24) is 10.2 Å². The molecule has 0 saturated carbocycles. The van der Waals surface area contributed by atoms with Crippen LogP contribution >= 0.6 is 0 Å². The van der Waals surface area contributed by atoms with Gasteiger partial charge in [-0.3, -0.25) is 4.90 Å². The summed E-state index contributed by atoms with van der Waals surface area (Å²) in [5, 5.41) is 3.08. The lowest BCUT2D eigenvalue weighted by Gasteiger charge is -2.35. The normalized spacial score (nSPS) is 18.2. The summed E-state index contributed by atoms with van der Waals surface area (Å²) >= 11 is 0. The van der Waals surface area contributed by atoms with Gasteiger partial charge in [-0.05, 0) is 24.1 Å². The van der Waals surface area contributed by atoms with Crippen molar-refractivity contribution >= 4 is 0 Å². The minimum Gasteiger partial charge on any atom is -0.428 e. The molecule has 2 rings (SSSR count). The van der Waals surface area contributed by atoms with E-state index in [-0.39, 0.29) is 6.42 Å². The summed E-state index contributed by atoms with van der Waals surface area (Å²) in [4.78, 5) is 1.81. The Labute approximate surface area is 146 Å². The van der Waals surface area contributed by atoms with E-state index in [1.807, 2.05) is 4.90 Å². The molecule has 0 amide bonds. The molecule has 1 atom stereocenters. The number of nitrogens with zero attached hydrogens (tertiary/aromatic N) is 1. The summed E-state index contributed by atoms with van der Waals surface area (Å²) in [6.07, 6.45) is -14.4. The highest BCUT2D eigenvalue weighted by molar-refractivity contribution is 5.31. The van der Waals surface area contributed by atoms with E-state index in [1.54, 1.807) is 0 Å². The smallest absolute Gasteiger partial charge is 0.428 e. The van der Waals surface area contributed by atoms with Crippen molar-refractivity contribution in [3.63, 3.8) is 0 Å². The van der Waals surface area contributed by atoms with E-state index in [0.29, 0.717) is 31.7 Å². The predicted molar refractivity (Wildman–Crippen MR) is 80.5 cm³/mol. The van der Waals surface area contributed by atoms with Crippen LogP contribution in [0.25, 0.3) is 0 Å². The van der Waals surface area contributed by atoms with Gasteiger partial charge >= 0.3 is 18.7 Å². The third kappa shape index (κ3) is 6.01. The van der Waals surface area contributed by atoms with Gasteiger partial charge in [-0.15, -0.1) is 0 Å². The highest BCUT2D eigenvalue weighted by Crippen LogP contribution is 2.34. The molecular weight excluding hydrogens is 369 g/mol. The quantitative estimate of drug-likeness (QED) is 0.709. The summed E-state index contributed by atoms with van der Waals surface area (Å²) in [5.41, 5.74) is 0.318. The molecule has 1 heterocycles. The molecule has 10 heteroatoms. The minimum atomic E-state index is -4.67. The van der Waals surface area contributed by atoms with E-state index in [2.05, 4.69) is 10.1 Å². The summed E-state index contributed by atoms with van der Waals surface area (Å²) < 4.78 is 92.7. The number of benzene rings is 1. The van der Waals surface area contributed by atoms with Crippen molar-refractivity contribution in [2.24, 2.45) is 0 Å². The summed E-state index contributed by atoms with van der Waals surface area (Å²) in [7, 11) is 0. The van der Waals surface area contributed by atoms with Gasteiger partial charge < -0.3 is 10.1 Å². The zero-order chi connectivity index (χ0) is 19.4. The SMILES string of the molecule is FC(F)C(F)(F)Oc1cccc([C@H](CCC(F)(F)F)N2CCNCC2)c1. The number of rotatable bonds is 7. The van der Waals surface area contributed by atoms with Crippen LogP contribution < -0.4 is 10.1 Å². The monoisotopic (exact) mass is 388 g/mol. The van der Waals surface area contributed by atoms with E-state index >= 15 is 0 Å². The zero-order valence-electron chi connectivity index (χ0n) is 13.7. The second kappa shape index (κ2) is 8.43. The van der Waals surface area contributed by atoms with E-state index in [1.165, 1.54) is 12.1 Å². The van der Waals surface area contributed by atoms with Gasteiger partial charge in [0, 0.05) is 38.6 Å². The first kappa shape index (κ1) is 20.8. The maximum atomic E-state index is 13.1. The lowest BCUT2D eigenvalue weighted by atomic mass is 9.99. The number of nitrogens with one attached hydrogen (secondary N) is 1. The minimum absolute atomic E-state index is 0.266. The van der Waals surface area contributed by atoms with E-state index < -0.39 is 36.9 Å². The topological polar surface area (TPSA) is 24.5 Å². The highest BCUT2D eigenvalue weighted by Gasteiger charge is 2.44. The molecule has 1 fully saturated rings. The number of alkyl halides is 7. The van der Waals surface area contributed by atoms with Crippen molar-refractivity contribution < 1.29 is 35.5 Å². The zero-order valence-corrected chi connectivity index (χ0v) is 13.7. The van der Waals surface area contributed by atoms with Gasteiger partial charge in [0.25, 0.3) is 0 Å². The molecule has 0 aromatic heterocycles. The first-order valence-electron chi connectivity index (χ1n) is 8.05. The third-order valence-electron chi connectivity index (χ3n) is 4.04. The molecule has 1 aromatic rings. The molecule has 1 aliphatic heterocycles. The Bertz CT molecular complexity index is 574. The average molecular weight is 388 g/mol. The Hall–Kier alpha value is -1.55. The van der Waals surface area contributed by atoms with E-state index in [9.17, 15) is 30.7 Å². The Balaban J connectivity index is 2.21. The Kier molecular flexibility index (Phi) is 6.73. The molecule has 1 aromatic carbocycles. The molecule has 0 radical (unpaired) electrons. The molecule has 26 heavy (non-hydrogen) atoms. The summed E-state index contributed by atoms with van der Waals surface area (Å²) in [6.45, 7) is 2.14. The van der Waals surface area contributed by atoms with E-state index in [0.717, 1.165) is 12.1 Å². The number of ether oxygens (including phenoxy) is 1.